The van der Waals surface area contributed by atoms with Crippen molar-refractivity contribution in [2.24, 2.45) is 0 Å². The van der Waals surface area contributed by atoms with Gasteiger partial charge in [0.05, 0.1) is 10.0 Å². The number of benzene rings is 2. The van der Waals surface area contributed by atoms with Crippen LogP contribution >= 0.6 is 23.2 Å². The lowest BCUT2D eigenvalue weighted by Gasteiger charge is -2.21. The second-order valence-electron chi connectivity index (χ2n) is 5.07. The first-order valence-corrected chi connectivity index (χ1v) is 7.36. The molecule has 2 aromatic rings. The molecule has 0 aliphatic rings. The fraction of sp³-hybridized carbons (Fsp3) is 0.250. The molecule has 3 nitrogen and oxygen atoms in total. The first-order valence-electron chi connectivity index (χ1n) is 6.60. The maximum Gasteiger partial charge on any atom is 0.119 e. The van der Waals surface area contributed by atoms with E-state index in [2.05, 4.69) is 5.32 Å². The van der Waals surface area contributed by atoms with E-state index in [9.17, 15) is 10.2 Å². The summed E-state index contributed by atoms with van der Waals surface area (Å²) >= 11 is 11.9. The lowest BCUT2D eigenvalue weighted by molar-refractivity contribution is 0.442. The first kappa shape index (κ1) is 16.0. The van der Waals surface area contributed by atoms with E-state index in [1.54, 1.807) is 18.2 Å². The third-order valence-corrected chi connectivity index (χ3v) is 4.11. The van der Waals surface area contributed by atoms with Gasteiger partial charge >= 0.3 is 0 Å². The number of hydrogen-bond acceptors (Lipinski definition) is 3. The van der Waals surface area contributed by atoms with Gasteiger partial charge in [-0.25, -0.2) is 0 Å². The average molecular weight is 326 g/mol. The van der Waals surface area contributed by atoms with Crippen LogP contribution in [0.25, 0.3) is 0 Å². The van der Waals surface area contributed by atoms with Crippen LogP contribution < -0.4 is 5.32 Å². The van der Waals surface area contributed by atoms with Crippen molar-refractivity contribution in [1.82, 2.24) is 5.32 Å². The van der Waals surface area contributed by atoms with Gasteiger partial charge in [0.2, 0.25) is 0 Å². The zero-order valence-electron chi connectivity index (χ0n) is 11.8. The number of hydrogen-bond donors (Lipinski definition) is 3. The number of phenols is 2. The van der Waals surface area contributed by atoms with Gasteiger partial charge in [0.15, 0.2) is 0 Å². The number of rotatable bonds is 4. The first-order chi connectivity index (χ1) is 9.86. The number of aromatic hydroxyl groups is 2. The van der Waals surface area contributed by atoms with Crippen LogP contribution in [0.4, 0.5) is 0 Å². The van der Waals surface area contributed by atoms with Crippen LogP contribution in [0.15, 0.2) is 36.4 Å². The fourth-order valence-electron chi connectivity index (χ4n) is 2.22. The molecule has 0 aromatic heterocycles. The Morgan fingerprint density at radius 3 is 1.95 bits per heavy atom. The highest BCUT2D eigenvalue weighted by Crippen LogP contribution is 2.29. The monoisotopic (exact) mass is 325 g/mol. The van der Waals surface area contributed by atoms with Crippen LogP contribution in [0, 0.1) is 0 Å². The molecule has 2 aromatic carbocycles. The number of nitrogens with one attached hydrogen (secondary N) is 1. The van der Waals surface area contributed by atoms with Gasteiger partial charge in [0.25, 0.3) is 0 Å². The summed E-state index contributed by atoms with van der Waals surface area (Å²) in [4.78, 5) is 0. The zero-order chi connectivity index (χ0) is 15.6. The standard InChI is InChI=1S/C16H17Cl2NO2/c1-9(11-3-4-15(17)16(18)7-11)19-10(2)12-5-13(20)8-14(21)6-12/h3-10,19-21H,1-2H3. The van der Waals surface area contributed by atoms with Gasteiger partial charge in [-0.15, -0.1) is 0 Å². The van der Waals surface area contributed by atoms with Gasteiger partial charge in [-0.05, 0) is 49.2 Å². The van der Waals surface area contributed by atoms with Gasteiger partial charge in [-0.1, -0.05) is 29.3 Å². The SMILES string of the molecule is CC(NC(C)c1ccc(Cl)c(Cl)c1)c1cc(O)cc(O)c1. The smallest absolute Gasteiger partial charge is 0.119 e. The van der Waals surface area contributed by atoms with Crippen molar-refractivity contribution in [3.05, 3.63) is 57.6 Å². The fourth-order valence-corrected chi connectivity index (χ4v) is 2.52. The summed E-state index contributed by atoms with van der Waals surface area (Å²) in [6.07, 6.45) is 0. The van der Waals surface area contributed by atoms with Gasteiger partial charge in [0, 0.05) is 18.2 Å². The van der Waals surface area contributed by atoms with E-state index in [1.165, 1.54) is 6.07 Å². The minimum absolute atomic E-state index is 0.0410. The van der Waals surface area contributed by atoms with Crippen molar-refractivity contribution in [3.63, 3.8) is 0 Å². The highest BCUT2D eigenvalue weighted by molar-refractivity contribution is 6.42. The third kappa shape index (κ3) is 4.03. The predicted molar refractivity (Wildman–Crippen MR) is 86.2 cm³/mol. The van der Waals surface area contributed by atoms with E-state index in [0.717, 1.165) is 11.1 Å². The highest BCUT2D eigenvalue weighted by atomic mass is 35.5. The predicted octanol–water partition coefficient (Wildman–Crippen LogP) is 4.82. The van der Waals surface area contributed by atoms with Crippen LogP contribution in [-0.4, -0.2) is 10.2 Å². The van der Waals surface area contributed by atoms with Crippen LogP contribution in [-0.2, 0) is 0 Å². The topological polar surface area (TPSA) is 52.5 Å². The molecule has 0 saturated carbocycles. The van der Waals surface area contributed by atoms with E-state index in [-0.39, 0.29) is 23.6 Å². The van der Waals surface area contributed by atoms with Gasteiger partial charge in [0.1, 0.15) is 11.5 Å². The van der Waals surface area contributed by atoms with E-state index in [0.29, 0.717) is 10.0 Å². The molecule has 0 spiro atoms. The molecule has 0 bridgehead atoms. The second kappa shape index (κ2) is 6.56. The van der Waals surface area contributed by atoms with Crippen LogP contribution in [0.1, 0.15) is 37.1 Å². The summed E-state index contributed by atoms with van der Waals surface area (Å²) in [5.74, 6) is 0.0849. The Balaban J connectivity index is 2.14. The van der Waals surface area contributed by atoms with Gasteiger partial charge in [-0.2, -0.15) is 0 Å². The second-order valence-corrected chi connectivity index (χ2v) is 5.88. The molecule has 21 heavy (non-hydrogen) atoms. The normalized spacial score (nSPS) is 13.9. The molecule has 2 unspecified atom stereocenters. The zero-order valence-corrected chi connectivity index (χ0v) is 13.3. The lowest BCUT2D eigenvalue weighted by atomic mass is 10.0. The molecular weight excluding hydrogens is 309 g/mol. The van der Waals surface area contributed by atoms with Crippen molar-refractivity contribution in [2.45, 2.75) is 25.9 Å². The largest absolute Gasteiger partial charge is 0.508 e. The summed E-state index contributed by atoms with van der Waals surface area (Å²) in [5, 5.41) is 23.5. The molecular formula is C16H17Cl2NO2. The summed E-state index contributed by atoms with van der Waals surface area (Å²) in [6.45, 7) is 3.97. The molecule has 0 aliphatic carbocycles. The molecule has 0 saturated heterocycles. The minimum Gasteiger partial charge on any atom is -0.508 e. The lowest BCUT2D eigenvalue weighted by Crippen LogP contribution is -2.22. The highest BCUT2D eigenvalue weighted by Gasteiger charge is 2.13. The van der Waals surface area contributed by atoms with Crippen LogP contribution in [0.5, 0.6) is 11.5 Å². The van der Waals surface area contributed by atoms with Gasteiger partial charge < -0.3 is 15.5 Å². The summed E-state index contributed by atoms with van der Waals surface area (Å²) in [6, 6.07) is 10.1. The molecule has 0 aliphatic heterocycles. The Labute approximate surface area is 134 Å². The summed E-state index contributed by atoms with van der Waals surface area (Å²) < 4.78 is 0. The Hall–Kier alpha value is -1.42. The number of halogens is 2. The summed E-state index contributed by atoms with van der Waals surface area (Å²) in [5.41, 5.74) is 1.82. The van der Waals surface area contributed by atoms with Crippen molar-refractivity contribution in [1.29, 1.82) is 0 Å². The van der Waals surface area contributed by atoms with Crippen molar-refractivity contribution < 1.29 is 10.2 Å². The Bertz CT molecular complexity index is 626. The molecule has 112 valence electrons. The summed E-state index contributed by atoms with van der Waals surface area (Å²) in [7, 11) is 0. The molecule has 5 heteroatoms. The molecule has 3 N–H and O–H groups in total. The molecule has 0 radical (unpaired) electrons. The van der Waals surface area contributed by atoms with E-state index >= 15 is 0 Å². The molecule has 0 fully saturated rings. The Morgan fingerprint density at radius 1 is 0.810 bits per heavy atom. The van der Waals surface area contributed by atoms with Crippen molar-refractivity contribution >= 4 is 23.2 Å². The molecule has 2 atom stereocenters. The molecule has 2 rings (SSSR count). The van der Waals surface area contributed by atoms with Crippen LogP contribution in [0.3, 0.4) is 0 Å². The molecule has 0 amide bonds. The average Bonchev–Trinajstić information content (AvgIpc) is 2.40. The third-order valence-electron chi connectivity index (χ3n) is 3.37. The van der Waals surface area contributed by atoms with Gasteiger partial charge in [-0.3, -0.25) is 0 Å². The van der Waals surface area contributed by atoms with E-state index < -0.39 is 0 Å². The van der Waals surface area contributed by atoms with E-state index in [1.807, 2.05) is 26.0 Å². The quantitative estimate of drug-likeness (QED) is 0.755. The maximum atomic E-state index is 9.54. The van der Waals surface area contributed by atoms with Crippen molar-refractivity contribution in [2.75, 3.05) is 0 Å². The minimum atomic E-state index is -0.0487. The molecule has 0 heterocycles. The number of phenolic OH excluding ortho intramolecular Hbond substituents is 2. The van der Waals surface area contributed by atoms with Crippen LogP contribution in [0.2, 0.25) is 10.0 Å². The van der Waals surface area contributed by atoms with Crippen molar-refractivity contribution in [3.8, 4) is 11.5 Å². The van der Waals surface area contributed by atoms with E-state index in [4.69, 9.17) is 23.2 Å². The maximum absolute atomic E-state index is 9.54. The Kier molecular flexibility index (Phi) is 4.99. The Morgan fingerprint density at radius 2 is 1.38 bits per heavy atom.